The Labute approximate surface area is 117 Å². The van der Waals surface area contributed by atoms with Gasteiger partial charge in [0.05, 0.1) is 5.69 Å². The van der Waals surface area contributed by atoms with Crippen molar-refractivity contribution in [2.75, 3.05) is 7.05 Å². The molecule has 0 amide bonds. The second-order valence-corrected chi connectivity index (χ2v) is 5.86. The number of rotatable bonds is 5. The normalized spacial score (nSPS) is 23.8. The van der Waals surface area contributed by atoms with Crippen LogP contribution < -0.4 is 5.73 Å². The van der Waals surface area contributed by atoms with Crippen molar-refractivity contribution in [3.8, 4) is 0 Å². The van der Waals surface area contributed by atoms with E-state index < -0.39 is 0 Å². The molecular formula is C16H27N3. The Bertz CT molecular complexity index is 366. The van der Waals surface area contributed by atoms with E-state index in [-0.39, 0.29) is 0 Å². The summed E-state index contributed by atoms with van der Waals surface area (Å²) in [5.74, 6) is 0.964. The Morgan fingerprint density at radius 2 is 2.00 bits per heavy atom. The fourth-order valence-electron chi connectivity index (χ4n) is 3.05. The minimum absolute atomic E-state index is 0.574. The molecular weight excluding hydrogens is 234 g/mol. The molecule has 1 saturated carbocycles. The summed E-state index contributed by atoms with van der Waals surface area (Å²) in [6.45, 7) is 3.84. The van der Waals surface area contributed by atoms with Crippen molar-refractivity contribution >= 4 is 0 Å². The molecule has 0 unspecified atom stereocenters. The van der Waals surface area contributed by atoms with Gasteiger partial charge < -0.3 is 5.73 Å². The van der Waals surface area contributed by atoms with Crippen LogP contribution in [0.25, 0.3) is 0 Å². The van der Waals surface area contributed by atoms with Crippen LogP contribution >= 0.6 is 0 Å². The first-order valence-corrected chi connectivity index (χ1v) is 7.57. The van der Waals surface area contributed by atoms with Gasteiger partial charge in [-0.25, -0.2) is 0 Å². The summed E-state index contributed by atoms with van der Waals surface area (Å²) >= 11 is 0. The average molecular weight is 261 g/mol. The van der Waals surface area contributed by atoms with Gasteiger partial charge >= 0.3 is 0 Å². The Morgan fingerprint density at radius 3 is 2.53 bits per heavy atom. The van der Waals surface area contributed by atoms with E-state index in [1.165, 1.54) is 32.1 Å². The van der Waals surface area contributed by atoms with Crippen LogP contribution in [0.15, 0.2) is 18.3 Å². The van der Waals surface area contributed by atoms with Crippen LogP contribution in [0.4, 0.5) is 0 Å². The Kier molecular flexibility index (Phi) is 5.34. The third-order valence-electron chi connectivity index (χ3n) is 4.55. The predicted molar refractivity (Wildman–Crippen MR) is 79.6 cm³/mol. The number of hydrogen-bond donors (Lipinski definition) is 1. The van der Waals surface area contributed by atoms with Crippen LogP contribution in [0.1, 0.15) is 50.3 Å². The van der Waals surface area contributed by atoms with Gasteiger partial charge in [0.1, 0.15) is 0 Å². The lowest BCUT2D eigenvalue weighted by Crippen LogP contribution is -2.34. The number of hydrogen-bond acceptors (Lipinski definition) is 3. The smallest absolute Gasteiger partial charge is 0.0544 e. The number of nitrogens with two attached hydrogens (primary N) is 1. The second-order valence-electron chi connectivity index (χ2n) is 5.86. The van der Waals surface area contributed by atoms with E-state index in [1.54, 1.807) is 0 Å². The van der Waals surface area contributed by atoms with Crippen molar-refractivity contribution in [3.05, 3.63) is 29.6 Å². The minimum atomic E-state index is 0.574. The van der Waals surface area contributed by atoms with Gasteiger partial charge in [-0.1, -0.05) is 19.4 Å². The van der Waals surface area contributed by atoms with Gasteiger partial charge in [0, 0.05) is 25.3 Å². The molecule has 106 valence electrons. The number of aromatic nitrogens is 1. The molecule has 0 spiro atoms. The molecule has 0 atom stereocenters. The van der Waals surface area contributed by atoms with Crippen LogP contribution in [0, 0.1) is 5.92 Å². The van der Waals surface area contributed by atoms with E-state index in [0.29, 0.717) is 6.54 Å². The maximum Gasteiger partial charge on any atom is 0.0544 e. The third kappa shape index (κ3) is 4.02. The summed E-state index contributed by atoms with van der Waals surface area (Å²) in [6, 6.07) is 4.93. The van der Waals surface area contributed by atoms with Crippen molar-refractivity contribution in [3.63, 3.8) is 0 Å². The van der Waals surface area contributed by atoms with Gasteiger partial charge in [-0.15, -0.1) is 0 Å². The molecule has 0 saturated heterocycles. The highest BCUT2D eigenvalue weighted by molar-refractivity contribution is 5.13. The van der Waals surface area contributed by atoms with E-state index >= 15 is 0 Å². The maximum atomic E-state index is 5.59. The molecule has 3 nitrogen and oxygen atoms in total. The fraction of sp³-hybridized carbons (Fsp3) is 0.688. The van der Waals surface area contributed by atoms with Crippen LogP contribution in [0.5, 0.6) is 0 Å². The Hall–Kier alpha value is -0.930. The Morgan fingerprint density at radius 1 is 1.26 bits per heavy atom. The van der Waals surface area contributed by atoms with Crippen molar-refractivity contribution in [1.82, 2.24) is 9.88 Å². The van der Waals surface area contributed by atoms with Crippen molar-refractivity contribution in [1.29, 1.82) is 0 Å². The molecule has 0 aliphatic heterocycles. The summed E-state index contributed by atoms with van der Waals surface area (Å²) in [4.78, 5) is 6.96. The molecule has 2 N–H and O–H groups in total. The molecule has 0 aromatic carbocycles. The fourth-order valence-corrected chi connectivity index (χ4v) is 3.05. The third-order valence-corrected chi connectivity index (χ3v) is 4.55. The lowest BCUT2D eigenvalue weighted by molar-refractivity contribution is 0.156. The maximum absolute atomic E-state index is 5.59. The molecule has 2 rings (SSSR count). The van der Waals surface area contributed by atoms with E-state index in [2.05, 4.69) is 36.0 Å². The van der Waals surface area contributed by atoms with E-state index in [0.717, 1.165) is 29.8 Å². The zero-order chi connectivity index (χ0) is 13.7. The molecule has 1 fully saturated rings. The molecule has 1 aliphatic rings. The van der Waals surface area contributed by atoms with Gasteiger partial charge in [0.2, 0.25) is 0 Å². The molecule has 3 heteroatoms. The lowest BCUT2D eigenvalue weighted by Gasteiger charge is -2.34. The Balaban J connectivity index is 1.84. The number of pyridine rings is 1. The summed E-state index contributed by atoms with van der Waals surface area (Å²) in [7, 11) is 2.23. The highest BCUT2D eigenvalue weighted by Crippen LogP contribution is 2.29. The first-order valence-electron chi connectivity index (χ1n) is 7.57. The van der Waals surface area contributed by atoms with Crippen molar-refractivity contribution in [2.24, 2.45) is 11.7 Å². The first kappa shape index (κ1) is 14.5. The summed E-state index contributed by atoms with van der Waals surface area (Å²) in [5.41, 5.74) is 7.85. The standard InChI is InChI=1S/C16H27N3/c1-3-13-5-8-16(9-6-13)19(2)12-15-7-4-14(10-17)11-18-15/h4,7,11,13,16H,3,5-6,8-10,12,17H2,1-2H3. The van der Waals surface area contributed by atoms with E-state index in [4.69, 9.17) is 5.73 Å². The predicted octanol–water partition coefficient (Wildman–Crippen LogP) is 2.94. The molecule has 1 aliphatic carbocycles. The van der Waals surface area contributed by atoms with Gasteiger partial charge in [-0.05, 0) is 50.3 Å². The van der Waals surface area contributed by atoms with Crippen LogP contribution in [-0.2, 0) is 13.1 Å². The average Bonchev–Trinajstić information content (AvgIpc) is 2.48. The largest absolute Gasteiger partial charge is 0.326 e. The zero-order valence-electron chi connectivity index (χ0n) is 12.3. The summed E-state index contributed by atoms with van der Waals surface area (Å²) < 4.78 is 0. The molecule has 1 heterocycles. The molecule has 1 aromatic heterocycles. The number of nitrogens with zero attached hydrogens (tertiary/aromatic N) is 2. The van der Waals surface area contributed by atoms with E-state index in [9.17, 15) is 0 Å². The van der Waals surface area contributed by atoms with Gasteiger partial charge in [-0.3, -0.25) is 9.88 Å². The second kappa shape index (κ2) is 7.01. The SMILES string of the molecule is CCC1CCC(N(C)Cc2ccc(CN)cn2)CC1. The quantitative estimate of drug-likeness (QED) is 0.886. The molecule has 0 radical (unpaired) electrons. The minimum Gasteiger partial charge on any atom is -0.326 e. The van der Waals surface area contributed by atoms with Crippen LogP contribution in [0.2, 0.25) is 0 Å². The highest BCUT2D eigenvalue weighted by atomic mass is 15.1. The van der Waals surface area contributed by atoms with Crippen molar-refractivity contribution < 1.29 is 0 Å². The van der Waals surface area contributed by atoms with Crippen molar-refractivity contribution in [2.45, 2.75) is 58.2 Å². The topological polar surface area (TPSA) is 42.1 Å². The zero-order valence-corrected chi connectivity index (χ0v) is 12.3. The molecule has 1 aromatic rings. The summed E-state index contributed by atoms with van der Waals surface area (Å²) in [5, 5.41) is 0. The van der Waals surface area contributed by atoms with Gasteiger partial charge in [0.15, 0.2) is 0 Å². The monoisotopic (exact) mass is 261 g/mol. The molecule has 19 heavy (non-hydrogen) atoms. The van der Waals surface area contributed by atoms with Crippen LogP contribution in [-0.4, -0.2) is 23.0 Å². The molecule has 0 bridgehead atoms. The first-order chi connectivity index (χ1) is 9.22. The van der Waals surface area contributed by atoms with Gasteiger partial charge in [-0.2, -0.15) is 0 Å². The van der Waals surface area contributed by atoms with E-state index in [1.807, 2.05) is 6.20 Å². The summed E-state index contributed by atoms with van der Waals surface area (Å²) in [6.07, 6.45) is 8.72. The van der Waals surface area contributed by atoms with Gasteiger partial charge in [0.25, 0.3) is 0 Å². The lowest BCUT2D eigenvalue weighted by atomic mass is 9.84. The van der Waals surface area contributed by atoms with Crippen LogP contribution in [0.3, 0.4) is 0 Å². The highest BCUT2D eigenvalue weighted by Gasteiger charge is 2.23.